The summed E-state index contributed by atoms with van der Waals surface area (Å²) in [5, 5.41) is 3.03. The fourth-order valence-electron chi connectivity index (χ4n) is 4.13. The van der Waals surface area contributed by atoms with Gasteiger partial charge in [0.2, 0.25) is 26.6 Å². The molecule has 0 saturated carbocycles. The molecule has 2 aliphatic rings. The third-order valence-corrected chi connectivity index (χ3v) is 7.64. The Labute approximate surface area is 204 Å². The number of sulfone groups is 1. The zero-order chi connectivity index (χ0) is 24.3. The fourth-order valence-corrected chi connectivity index (χ4v) is 5.43. The second-order valence-electron chi connectivity index (χ2n) is 8.57. The first-order valence-electron chi connectivity index (χ1n) is 11.8. The van der Waals surface area contributed by atoms with Crippen LogP contribution in [-0.2, 0) is 14.6 Å². The average molecular weight is 500 g/mol. The van der Waals surface area contributed by atoms with E-state index in [1.54, 1.807) is 6.07 Å². The molecule has 0 radical (unpaired) electrons. The molecule has 3 heterocycles. The van der Waals surface area contributed by atoms with E-state index >= 15 is 0 Å². The van der Waals surface area contributed by atoms with Gasteiger partial charge in [0.15, 0.2) is 11.5 Å². The van der Waals surface area contributed by atoms with Crippen LogP contribution < -0.4 is 14.8 Å². The van der Waals surface area contributed by atoms with E-state index in [4.69, 9.17) is 18.6 Å². The number of benzene rings is 2. The molecular weight excluding hydrogens is 470 g/mol. The summed E-state index contributed by atoms with van der Waals surface area (Å²) < 4.78 is 49.8. The van der Waals surface area contributed by atoms with E-state index in [-0.39, 0.29) is 21.7 Å². The minimum Gasteiger partial charge on any atom is -0.486 e. The van der Waals surface area contributed by atoms with Crippen LogP contribution in [0.25, 0.3) is 11.5 Å². The number of aromatic nitrogens is 1. The summed E-state index contributed by atoms with van der Waals surface area (Å²) in [7, 11) is -3.99. The number of hydrogen-bond donors (Lipinski definition) is 1. The molecule has 0 unspecified atom stereocenters. The number of anilines is 1. The lowest BCUT2D eigenvalue weighted by molar-refractivity contribution is 0.0378. The van der Waals surface area contributed by atoms with Crippen LogP contribution in [0.3, 0.4) is 0 Å². The first kappa shape index (κ1) is 23.7. The monoisotopic (exact) mass is 499 g/mol. The molecule has 0 spiro atoms. The summed E-state index contributed by atoms with van der Waals surface area (Å²) >= 11 is 0. The zero-order valence-electron chi connectivity index (χ0n) is 19.7. The van der Waals surface area contributed by atoms with Gasteiger partial charge in [0, 0.05) is 31.3 Å². The van der Waals surface area contributed by atoms with E-state index in [1.165, 1.54) is 12.1 Å². The van der Waals surface area contributed by atoms with Gasteiger partial charge in [-0.15, -0.1) is 0 Å². The number of nitrogens with zero attached hydrogens (tertiary/aromatic N) is 2. The molecule has 0 amide bonds. The number of rotatable bonds is 8. The Morgan fingerprint density at radius 1 is 1.00 bits per heavy atom. The molecule has 5 rings (SSSR count). The summed E-state index contributed by atoms with van der Waals surface area (Å²) in [6.45, 7) is 7.50. The minimum absolute atomic E-state index is 0.0715. The smallest absolute Gasteiger partial charge is 0.233 e. The largest absolute Gasteiger partial charge is 0.486 e. The fraction of sp³-hybridized carbons (Fsp3) is 0.400. The summed E-state index contributed by atoms with van der Waals surface area (Å²) in [4.78, 5) is 6.84. The van der Waals surface area contributed by atoms with Crippen molar-refractivity contribution in [1.29, 1.82) is 0 Å². The van der Waals surface area contributed by atoms with Crippen LogP contribution in [0.15, 0.2) is 56.8 Å². The van der Waals surface area contributed by atoms with Gasteiger partial charge in [-0.2, -0.15) is 4.98 Å². The normalized spacial score (nSPS) is 16.3. The van der Waals surface area contributed by atoms with Gasteiger partial charge in [0.1, 0.15) is 13.2 Å². The van der Waals surface area contributed by atoms with Gasteiger partial charge in [-0.25, -0.2) is 8.42 Å². The molecule has 1 aromatic heterocycles. The van der Waals surface area contributed by atoms with Crippen LogP contribution in [0.4, 0.5) is 5.88 Å². The Morgan fingerprint density at radius 2 is 1.80 bits per heavy atom. The lowest BCUT2D eigenvalue weighted by atomic mass is 10.1. The number of hydrogen-bond acceptors (Lipinski definition) is 9. The molecule has 2 aliphatic heterocycles. The van der Waals surface area contributed by atoms with Gasteiger partial charge in [0.05, 0.1) is 18.1 Å². The predicted molar refractivity (Wildman–Crippen MR) is 130 cm³/mol. The Bertz CT molecular complexity index is 1280. The highest BCUT2D eigenvalue weighted by molar-refractivity contribution is 7.91. The maximum atomic E-state index is 13.7. The second kappa shape index (κ2) is 10.3. The SMILES string of the molecule is Cc1cccc(-c2nc(S(=O)(=O)c3ccc4c(c3)OCCO4)c(NCCCN3CCOCC3)o2)c1. The third-order valence-electron chi connectivity index (χ3n) is 5.98. The Hall–Kier alpha value is -3.08. The van der Waals surface area contributed by atoms with Gasteiger partial charge in [-0.1, -0.05) is 17.7 Å². The number of morpholine rings is 1. The number of aryl methyl sites for hydroxylation is 1. The number of ether oxygens (including phenoxy) is 3. The van der Waals surface area contributed by atoms with Gasteiger partial charge >= 0.3 is 0 Å². The van der Waals surface area contributed by atoms with E-state index in [9.17, 15) is 8.42 Å². The van der Waals surface area contributed by atoms with Gasteiger partial charge in [-0.3, -0.25) is 4.90 Å². The van der Waals surface area contributed by atoms with Crippen LogP contribution in [0.2, 0.25) is 0 Å². The van der Waals surface area contributed by atoms with Crippen molar-refractivity contribution in [3.05, 3.63) is 48.0 Å². The lowest BCUT2D eigenvalue weighted by Gasteiger charge is -2.26. The van der Waals surface area contributed by atoms with Crippen LogP contribution in [0.1, 0.15) is 12.0 Å². The molecule has 10 heteroatoms. The maximum Gasteiger partial charge on any atom is 0.233 e. The molecule has 0 atom stereocenters. The molecule has 9 nitrogen and oxygen atoms in total. The first-order chi connectivity index (χ1) is 17.0. The van der Waals surface area contributed by atoms with E-state index in [1.807, 2.05) is 31.2 Å². The van der Waals surface area contributed by atoms with Crippen LogP contribution in [0, 0.1) is 6.92 Å². The Balaban J connectivity index is 1.42. The van der Waals surface area contributed by atoms with E-state index in [2.05, 4.69) is 15.2 Å². The summed E-state index contributed by atoms with van der Waals surface area (Å²) in [5.74, 6) is 1.32. The molecular formula is C25H29N3O6S. The molecule has 1 fully saturated rings. The van der Waals surface area contributed by atoms with Crippen molar-refractivity contribution in [2.24, 2.45) is 0 Å². The zero-order valence-corrected chi connectivity index (χ0v) is 20.5. The van der Waals surface area contributed by atoms with Crippen molar-refractivity contribution in [1.82, 2.24) is 9.88 Å². The van der Waals surface area contributed by atoms with Crippen molar-refractivity contribution in [3.8, 4) is 23.0 Å². The Morgan fingerprint density at radius 3 is 2.60 bits per heavy atom. The van der Waals surface area contributed by atoms with Gasteiger partial charge < -0.3 is 23.9 Å². The van der Waals surface area contributed by atoms with Crippen LogP contribution in [0.5, 0.6) is 11.5 Å². The summed E-state index contributed by atoms with van der Waals surface area (Å²) in [5.41, 5.74) is 1.74. The second-order valence-corrected chi connectivity index (χ2v) is 10.4. The molecule has 2 aromatic carbocycles. The quantitative estimate of drug-likeness (QED) is 0.467. The van der Waals surface area contributed by atoms with Crippen molar-refractivity contribution in [2.75, 3.05) is 57.9 Å². The Kier molecular flexibility index (Phi) is 6.94. The molecule has 0 bridgehead atoms. The lowest BCUT2D eigenvalue weighted by Crippen LogP contribution is -2.37. The van der Waals surface area contributed by atoms with Crippen LogP contribution >= 0.6 is 0 Å². The molecule has 35 heavy (non-hydrogen) atoms. The molecule has 186 valence electrons. The topological polar surface area (TPSA) is 103 Å². The highest BCUT2D eigenvalue weighted by atomic mass is 32.2. The number of fused-ring (bicyclic) bond motifs is 1. The maximum absolute atomic E-state index is 13.7. The number of oxazole rings is 1. The van der Waals surface area contributed by atoms with E-state index in [0.29, 0.717) is 36.8 Å². The molecule has 1 saturated heterocycles. The highest BCUT2D eigenvalue weighted by Gasteiger charge is 2.30. The minimum atomic E-state index is -3.99. The molecule has 0 aliphatic carbocycles. The summed E-state index contributed by atoms with van der Waals surface area (Å²) in [6.07, 6.45) is 0.823. The van der Waals surface area contributed by atoms with Gasteiger partial charge in [-0.05, 0) is 44.2 Å². The predicted octanol–water partition coefficient (Wildman–Crippen LogP) is 3.39. The number of nitrogens with one attached hydrogen (secondary N) is 1. The standard InChI is InChI=1S/C25H29N3O6S/c1-18-4-2-5-19(16-18)23-27-25(24(34-23)26-8-3-9-28-10-12-31-13-11-28)35(29,30)20-6-7-21-22(17-20)33-15-14-32-21/h2,4-7,16-17,26H,3,8-15H2,1H3. The average Bonchev–Trinajstić information content (AvgIpc) is 3.32. The first-order valence-corrected chi connectivity index (χ1v) is 13.3. The third kappa shape index (κ3) is 5.29. The van der Waals surface area contributed by atoms with Crippen LogP contribution in [-0.4, -0.2) is 70.9 Å². The van der Waals surface area contributed by atoms with Crippen molar-refractivity contribution < 1.29 is 27.0 Å². The highest BCUT2D eigenvalue weighted by Crippen LogP contribution is 2.37. The molecule has 3 aromatic rings. The summed E-state index contributed by atoms with van der Waals surface area (Å²) in [6, 6.07) is 12.2. The van der Waals surface area contributed by atoms with Gasteiger partial charge in [0.25, 0.3) is 0 Å². The van der Waals surface area contributed by atoms with E-state index in [0.717, 1.165) is 44.8 Å². The molecule has 1 N–H and O–H groups in total. The van der Waals surface area contributed by atoms with Crippen molar-refractivity contribution >= 4 is 15.7 Å². The van der Waals surface area contributed by atoms with Crippen molar-refractivity contribution in [2.45, 2.75) is 23.3 Å². The van der Waals surface area contributed by atoms with E-state index < -0.39 is 9.84 Å². The van der Waals surface area contributed by atoms with Crippen molar-refractivity contribution in [3.63, 3.8) is 0 Å².